The Morgan fingerprint density at radius 3 is 2.46 bits per heavy atom. The van der Waals surface area contributed by atoms with Crippen LogP contribution in [-0.4, -0.2) is 13.0 Å². The van der Waals surface area contributed by atoms with Gasteiger partial charge in [0.25, 0.3) is 5.91 Å². The summed E-state index contributed by atoms with van der Waals surface area (Å²) in [5.74, 6) is 5.08. The molecule has 0 radical (unpaired) electrons. The van der Waals surface area contributed by atoms with Gasteiger partial charge >= 0.3 is 0 Å². The Morgan fingerprint density at radius 2 is 2.00 bits per heavy atom. The second-order valence-electron chi connectivity index (χ2n) is 2.66. The Balaban J connectivity index is 2.75. The van der Waals surface area contributed by atoms with E-state index in [1.54, 1.807) is 19.2 Å². The molecule has 0 unspecified atom stereocenters. The van der Waals surface area contributed by atoms with Crippen LogP contribution in [0.3, 0.4) is 0 Å². The lowest BCUT2D eigenvalue weighted by molar-refractivity contribution is 0.0963. The molecule has 0 saturated carbocycles. The number of hydrogen-bond acceptors (Lipinski definition) is 3. The molecule has 13 heavy (non-hydrogen) atoms. The molecule has 0 fully saturated rings. The van der Waals surface area contributed by atoms with Crippen molar-refractivity contribution in [3.63, 3.8) is 0 Å². The van der Waals surface area contributed by atoms with E-state index in [-0.39, 0.29) is 5.91 Å². The van der Waals surface area contributed by atoms with Crippen LogP contribution in [0.2, 0.25) is 0 Å². The number of nitrogens with one attached hydrogen (secondary N) is 2. The van der Waals surface area contributed by atoms with Crippen LogP contribution in [-0.2, 0) is 6.54 Å². The van der Waals surface area contributed by atoms with E-state index in [4.69, 9.17) is 5.84 Å². The monoisotopic (exact) mass is 179 g/mol. The Hall–Kier alpha value is -1.39. The first-order valence-corrected chi connectivity index (χ1v) is 4.02. The average Bonchev–Trinajstić information content (AvgIpc) is 2.18. The van der Waals surface area contributed by atoms with Gasteiger partial charge in [-0.1, -0.05) is 12.1 Å². The van der Waals surface area contributed by atoms with Gasteiger partial charge in [0.05, 0.1) is 0 Å². The van der Waals surface area contributed by atoms with Crippen LogP contribution in [0.15, 0.2) is 24.3 Å². The molecule has 0 atom stereocenters. The second-order valence-corrected chi connectivity index (χ2v) is 2.66. The number of hydrogen-bond donors (Lipinski definition) is 3. The van der Waals surface area contributed by atoms with Crippen molar-refractivity contribution >= 4 is 5.91 Å². The molecule has 0 heterocycles. The predicted octanol–water partition coefficient (Wildman–Crippen LogP) is 0.00950. The molecular formula is C9H13N3O. The third-order valence-electron chi connectivity index (χ3n) is 1.75. The molecule has 0 aliphatic heterocycles. The largest absolute Gasteiger partial charge is 0.355 e. The van der Waals surface area contributed by atoms with E-state index < -0.39 is 0 Å². The smallest absolute Gasteiger partial charge is 0.251 e. The van der Waals surface area contributed by atoms with E-state index in [2.05, 4.69) is 10.7 Å². The van der Waals surface area contributed by atoms with Gasteiger partial charge in [0.1, 0.15) is 0 Å². The highest BCUT2D eigenvalue weighted by Gasteiger charge is 2.01. The Bertz CT molecular complexity index is 281. The van der Waals surface area contributed by atoms with Crippen LogP contribution in [0, 0.1) is 0 Å². The normalized spacial score (nSPS) is 9.69. The molecule has 1 aromatic carbocycles. The minimum atomic E-state index is -0.0766. The summed E-state index contributed by atoms with van der Waals surface area (Å²) in [5, 5.41) is 2.55. The van der Waals surface area contributed by atoms with Crippen molar-refractivity contribution in [2.45, 2.75) is 6.54 Å². The summed E-state index contributed by atoms with van der Waals surface area (Å²) < 4.78 is 0. The molecule has 0 bridgehead atoms. The zero-order valence-electron chi connectivity index (χ0n) is 7.50. The Labute approximate surface area is 77.1 Å². The first kappa shape index (κ1) is 9.70. The topological polar surface area (TPSA) is 67.2 Å². The lowest BCUT2D eigenvalue weighted by atomic mass is 10.1. The van der Waals surface area contributed by atoms with Gasteiger partial charge < -0.3 is 5.32 Å². The molecule has 1 amide bonds. The van der Waals surface area contributed by atoms with E-state index in [1.165, 1.54) is 0 Å². The summed E-state index contributed by atoms with van der Waals surface area (Å²) >= 11 is 0. The van der Waals surface area contributed by atoms with Gasteiger partial charge in [-0.15, -0.1) is 0 Å². The number of amides is 1. The Kier molecular flexibility index (Phi) is 3.42. The summed E-state index contributed by atoms with van der Waals surface area (Å²) in [5.41, 5.74) is 4.25. The third kappa shape index (κ3) is 2.54. The van der Waals surface area contributed by atoms with Crippen LogP contribution in [0.4, 0.5) is 0 Å². The van der Waals surface area contributed by atoms with Gasteiger partial charge in [-0.2, -0.15) is 0 Å². The van der Waals surface area contributed by atoms with Gasteiger partial charge in [0.15, 0.2) is 0 Å². The van der Waals surface area contributed by atoms with Crippen molar-refractivity contribution in [3.05, 3.63) is 35.4 Å². The van der Waals surface area contributed by atoms with Crippen molar-refractivity contribution in [2.75, 3.05) is 7.05 Å². The molecule has 4 N–H and O–H groups in total. The first-order valence-electron chi connectivity index (χ1n) is 4.02. The second kappa shape index (κ2) is 4.59. The molecule has 0 aliphatic rings. The number of carbonyl (C=O) groups excluding carboxylic acids is 1. The lowest BCUT2D eigenvalue weighted by Crippen LogP contribution is -2.21. The number of benzene rings is 1. The van der Waals surface area contributed by atoms with E-state index in [0.717, 1.165) is 5.56 Å². The fourth-order valence-electron chi connectivity index (χ4n) is 1.04. The van der Waals surface area contributed by atoms with Gasteiger partial charge in [-0.05, 0) is 17.7 Å². The van der Waals surface area contributed by atoms with Gasteiger partial charge in [0, 0.05) is 19.2 Å². The summed E-state index contributed by atoms with van der Waals surface area (Å²) in [6, 6.07) is 7.27. The minimum Gasteiger partial charge on any atom is -0.355 e. The summed E-state index contributed by atoms with van der Waals surface area (Å²) in [6.45, 7) is 0.605. The summed E-state index contributed by atoms with van der Waals surface area (Å²) in [6.07, 6.45) is 0. The molecule has 0 aliphatic carbocycles. The highest BCUT2D eigenvalue weighted by molar-refractivity contribution is 5.93. The van der Waals surface area contributed by atoms with Gasteiger partial charge in [0.2, 0.25) is 0 Å². The fraction of sp³-hybridized carbons (Fsp3) is 0.222. The van der Waals surface area contributed by atoms with E-state index >= 15 is 0 Å². The van der Waals surface area contributed by atoms with Crippen molar-refractivity contribution in [2.24, 2.45) is 5.84 Å². The van der Waals surface area contributed by atoms with Gasteiger partial charge in [-0.3, -0.25) is 16.1 Å². The van der Waals surface area contributed by atoms with Crippen molar-refractivity contribution < 1.29 is 4.79 Å². The fourth-order valence-corrected chi connectivity index (χ4v) is 1.04. The SMILES string of the molecule is CNC(=O)c1ccc(CNN)cc1. The quantitative estimate of drug-likeness (QED) is 0.452. The zero-order valence-corrected chi connectivity index (χ0v) is 7.50. The molecule has 0 saturated heterocycles. The molecule has 1 rings (SSSR count). The minimum absolute atomic E-state index is 0.0766. The molecule has 70 valence electrons. The maximum absolute atomic E-state index is 11.1. The van der Waals surface area contributed by atoms with E-state index in [1.807, 2.05) is 12.1 Å². The van der Waals surface area contributed by atoms with Gasteiger partial charge in [-0.25, -0.2) is 0 Å². The van der Waals surface area contributed by atoms with Crippen molar-refractivity contribution in [1.29, 1.82) is 0 Å². The number of hydrazine groups is 1. The lowest BCUT2D eigenvalue weighted by Gasteiger charge is -2.02. The van der Waals surface area contributed by atoms with E-state index in [0.29, 0.717) is 12.1 Å². The highest BCUT2D eigenvalue weighted by Crippen LogP contribution is 2.03. The zero-order chi connectivity index (χ0) is 9.68. The predicted molar refractivity (Wildman–Crippen MR) is 50.9 cm³/mol. The molecule has 0 spiro atoms. The molecule has 0 aromatic heterocycles. The van der Waals surface area contributed by atoms with Crippen molar-refractivity contribution in [3.8, 4) is 0 Å². The van der Waals surface area contributed by atoms with Crippen LogP contribution >= 0.6 is 0 Å². The maximum Gasteiger partial charge on any atom is 0.251 e. The van der Waals surface area contributed by atoms with Crippen LogP contribution in [0.1, 0.15) is 15.9 Å². The van der Waals surface area contributed by atoms with Crippen LogP contribution in [0.25, 0.3) is 0 Å². The molecule has 4 heteroatoms. The van der Waals surface area contributed by atoms with Crippen molar-refractivity contribution in [1.82, 2.24) is 10.7 Å². The Morgan fingerprint density at radius 1 is 1.38 bits per heavy atom. The molecule has 1 aromatic rings. The first-order chi connectivity index (χ1) is 6.27. The third-order valence-corrected chi connectivity index (χ3v) is 1.75. The standard InChI is InChI=1S/C9H13N3O/c1-11-9(13)8-4-2-7(3-5-8)6-12-10/h2-5,12H,6,10H2,1H3,(H,11,13). The van der Waals surface area contributed by atoms with Crippen LogP contribution in [0.5, 0.6) is 0 Å². The van der Waals surface area contributed by atoms with Crippen LogP contribution < -0.4 is 16.6 Å². The van der Waals surface area contributed by atoms with E-state index in [9.17, 15) is 4.79 Å². The summed E-state index contributed by atoms with van der Waals surface area (Å²) in [7, 11) is 1.61. The highest BCUT2D eigenvalue weighted by atomic mass is 16.1. The molecule has 4 nitrogen and oxygen atoms in total. The number of carbonyl (C=O) groups is 1. The number of rotatable bonds is 3. The summed E-state index contributed by atoms with van der Waals surface area (Å²) in [4.78, 5) is 11.1. The maximum atomic E-state index is 11.1. The average molecular weight is 179 g/mol. The molecular weight excluding hydrogens is 166 g/mol. The number of nitrogens with two attached hydrogens (primary N) is 1.